The van der Waals surface area contributed by atoms with Gasteiger partial charge in [0.25, 0.3) is 0 Å². The van der Waals surface area contributed by atoms with Gasteiger partial charge in [0.2, 0.25) is 6.08 Å². The number of isocyanates is 1. The van der Waals surface area contributed by atoms with Crippen molar-refractivity contribution in [2.75, 3.05) is 6.54 Å². The summed E-state index contributed by atoms with van der Waals surface area (Å²) in [7, 11) is 0. The first-order chi connectivity index (χ1) is 6.24. The number of nitrogens with zero attached hydrogens (tertiary/aromatic N) is 1. The molecule has 0 aliphatic rings. The Balaban J connectivity index is 2.71. The molecule has 0 atom stereocenters. The Morgan fingerprint density at radius 2 is 2.31 bits per heavy atom. The van der Waals surface area contributed by atoms with Gasteiger partial charge in [-0.05, 0) is 24.1 Å². The van der Waals surface area contributed by atoms with E-state index in [4.69, 9.17) is 0 Å². The number of rotatable bonds is 3. The summed E-state index contributed by atoms with van der Waals surface area (Å²) in [6.07, 6.45) is 2.06. The van der Waals surface area contributed by atoms with Gasteiger partial charge in [-0.3, -0.25) is 0 Å². The monoisotopic (exact) mass is 243 g/mol. The molecule has 0 amide bonds. The lowest BCUT2D eigenvalue weighted by atomic mass is 10.1. The van der Waals surface area contributed by atoms with E-state index in [0.29, 0.717) is 17.4 Å². The highest BCUT2D eigenvalue weighted by molar-refractivity contribution is 9.10. The third-order valence-corrected chi connectivity index (χ3v) is 2.31. The molecule has 1 rings (SSSR count). The summed E-state index contributed by atoms with van der Waals surface area (Å²) in [5.74, 6) is -0.283. The first kappa shape index (κ1) is 10.1. The van der Waals surface area contributed by atoms with Crippen LogP contribution in [0, 0.1) is 5.82 Å². The molecule has 0 spiro atoms. The molecule has 0 bridgehead atoms. The van der Waals surface area contributed by atoms with E-state index in [2.05, 4.69) is 20.9 Å². The van der Waals surface area contributed by atoms with Gasteiger partial charge in [0.1, 0.15) is 5.82 Å². The Bertz CT molecular complexity index is 347. The molecule has 4 heteroatoms. The molecule has 0 aromatic heterocycles. The van der Waals surface area contributed by atoms with Crippen LogP contribution in [0.3, 0.4) is 0 Å². The average Bonchev–Trinajstić information content (AvgIpc) is 2.09. The van der Waals surface area contributed by atoms with Crippen LogP contribution in [-0.4, -0.2) is 12.6 Å². The largest absolute Gasteiger partial charge is 0.234 e. The number of carbonyl (C=O) groups excluding carboxylic acids is 1. The Morgan fingerprint density at radius 3 is 2.92 bits per heavy atom. The van der Waals surface area contributed by atoms with Gasteiger partial charge in [0, 0.05) is 4.47 Å². The smallest absolute Gasteiger partial charge is 0.211 e. The molecular weight excluding hydrogens is 237 g/mol. The quantitative estimate of drug-likeness (QED) is 0.593. The summed E-state index contributed by atoms with van der Waals surface area (Å²) in [6, 6.07) is 4.43. The number of hydrogen-bond donors (Lipinski definition) is 0. The van der Waals surface area contributed by atoms with Crippen molar-refractivity contribution < 1.29 is 9.18 Å². The minimum absolute atomic E-state index is 0.283. The van der Waals surface area contributed by atoms with Gasteiger partial charge in [0.15, 0.2) is 0 Å². The van der Waals surface area contributed by atoms with Crippen LogP contribution in [0.2, 0.25) is 0 Å². The molecule has 0 N–H and O–H groups in total. The van der Waals surface area contributed by atoms with Crippen LogP contribution in [0.15, 0.2) is 27.7 Å². The van der Waals surface area contributed by atoms with Crippen molar-refractivity contribution >= 4 is 22.0 Å². The highest BCUT2D eigenvalue weighted by Gasteiger charge is 2.00. The van der Waals surface area contributed by atoms with Gasteiger partial charge in [-0.15, -0.1) is 0 Å². The van der Waals surface area contributed by atoms with E-state index in [1.54, 1.807) is 6.07 Å². The summed E-state index contributed by atoms with van der Waals surface area (Å²) in [5.41, 5.74) is 0.931. The lowest BCUT2D eigenvalue weighted by molar-refractivity contribution is 0.563. The molecule has 2 nitrogen and oxygen atoms in total. The zero-order valence-electron chi connectivity index (χ0n) is 6.76. The Hall–Kier alpha value is -0.990. The molecule has 0 radical (unpaired) electrons. The van der Waals surface area contributed by atoms with Crippen LogP contribution < -0.4 is 0 Å². The topological polar surface area (TPSA) is 29.4 Å². The number of halogens is 2. The predicted octanol–water partition coefficient (Wildman–Crippen LogP) is 2.47. The van der Waals surface area contributed by atoms with Crippen LogP contribution in [0.25, 0.3) is 0 Å². The van der Waals surface area contributed by atoms with Gasteiger partial charge in [-0.1, -0.05) is 22.0 Å². The van der Waals surface area contributed by atoms with Gasteiger partial charge in [-0.25, -0.2) is 14.2 Å². The maximum absolute atomic E-state index is 12.6. The van der Waals surface area contributed by atoms with Crippen molar-refractivity contribution in [3.8, 4) is 0 Å². The highest BCUT2D eigenvalue weighted by Crippen LogP contribution is 2.18. The van der Waals surface area contributed by atoms with Crippen molar-refractivity contribution in [1.29, 1.82) is 0 Å². The fraction of sp³-hybridized carbons (Fsp3) is 0.222. The van der Waals surface area contributed by atoms with Gasteiger partial charge in [0.05, 0.1) is 6.54 Å². The molecule has 0 heterocycles. The first-order valence-corrected chi connectivity index (χ1v) is 4.51. The zero-order chi connectivity index (χ0) is 9.68. The Kier molecular flexibility index (Phi) is 3.80. The van der Waals surface area contributed by atoms with E-state index in [1.807, 2.05) is 0 Å². The summed E-state index contributed by atoms with van der Waals surface area (Å²) in [6.45, 7) is 0.383. The molecule has 1 aromatic carbocycles. The van der Waals surface area contributed by atoms with Crippen LogP contribution in [0.4, 0.5) is 4.39 Å². The van der Waals surface area contributed by atoms with Crippen LogP contribution in [0.1, 0.15) is 5.56 Å². The molecular formula is C9H7BrFNO. The van der Waals surface area contributed by atoms with Crippen molar-refractivity contribution in [2.45, 2.75) is 6.42 Å². The highest BCUT2D eigenvalue weighted by atomic mass is 79.9. The standard InChI is InChI=1S/C9H7BrFNO/c10-9-5-8(11)2-1-7(9)3-4-12-6-13/h1-2,5H,3-4H2. The maximum Gasteiger partial charge on any atom is 0.234 e. The third kappa shape index (κ3) is 3.09. The van der Waals surface area contributed by atoms with Crippen molar-refractivity contribution in [2.24, 2.45) is 4.99 Å². The van der Waals surface area contributed by atoms with Crippen molar-refractivity contribution in [3.05, 3.63) is 34.1 Å². The molecule has 0 saturated carbocycles. The SMILES string of the molecule is O=C=NCCc1ccc(F)cc1Br. The van der Waals surface area contributed by atoms with Crippen LogP contribution in [0.5, 0.6) is 0 Å². The van der Waals surface area contributed by atoms with E-state index in [9.17, 15) is 9.18 Å². The summed E-state index contributed by atoms with van der Waals surface area (Å²) in [5, 5.41) is 0. The van der Waals surface area contributed by atoms with Gasteiger partial charge in [-0.2, -0.15) is 0 Å². The molecule has 0 saturated heterocycles. The van der Waals surface area contributed by atoms with Gasteiger partial charge < -0.3 is 0 Å². The third-order valence-electron chi connectivity index (χ3n) is 1.57. The van der Waals surface area contributed by atoms with Crippen molar-refractivity contribution in [3.63, 3.8) is 0 Å². The van der Waals surface area contributed by atoms with E-state index >= 15 is 0 Å². The summed E-state index contributed by atoms with van der Waals surface area (Å²) < 4.78 is 13.3. The van der Waals surface area contributed by atoms with E-state index in [-0.39, 0.29) is 5.82 Å². The lowest BCUT2D eigenvalue weighted by Crippen LogP contribution is -1.91. The second kappa shape index (κ2) is 4.90. The molecule has 0 aliphatic carbocycles. The normalized spacial score (nSPS) is 9.38. The zero-order valence-corrected chi connectivity index (χ0v) is 8.34. The minimum Gasteiger partial charge on any atom is -0.211 e. The Morgan fingerprint density at radius 1 is 1.54 bits per heavy atom. The summed E-state index contributed by atoms with van der Waals surface area (Å²) >= 11 is 3.22. The Labute approximate surface area is 83.6 Å². The van der Waals surface area contributed by atoms with Gasteiger partial charge >= 0.3 is 0 Å². The van der Waals surface area contributed by atoms with Crippen molar-refractivity contribution in [1.82, 2.24) is 0 Å². The average molecular weight is 244 g/mol. The predicted molar refractivity (Wildman–Crippen MR) is 50.8 cm³/mol. The van der Waals surface area contributed by atoms with E-state index in [0.717, 1.165) is 5.56 Å². The number of aliphatic imine (C=N–C) groups is 1. The summed E-state index contributed by atoms with van der Waals surface area (Å²) in [4.78, 5) is 13.2. The first-order valence-electron chi connectivity index (χ1n) is 3.71. The fourth-order valence-electron chi connectivity index (χ4n) is 0.946. The van der Waals surface area contributed by atoms with Crippen LogP contribution in [-0.2, 0) is 11.2 Å². The molecule has 0 fully saturated rings. The molecule has 0 unspecified atom stereocenters. The van der Waals surface area contributed by atoms with E-state index < -0.39 is 0 Å². The molecule has 0 aliphatic heterocycles. The molecule has 68 valence electrons. The second-order valence-electron chi connectivity index (χ2n) is 2.46. The molecule has 1 aromatic rings. The number of hydrogen-bond acceptors (Lipinski definition) is 2. The fourth-order valence-corrected chi connectivity index (χ4v) is 1.50. The minimum atomic E-state index is -0.283. The lowest BCUT2D eigenvalue weighted by Gasteiger charge is -2.00. The maximum atomic E-state index is 12.6. The van der Waals surface area contributed by atoms with Crippen LogP contribution >= 0.6 is 15.9 Å². The second-order valence-corrected chi connectivity index (χ2v) is 3.31. The number of benzene rings is 1. The molecule has 13 heavy (non-hydrogen) atoms. The van der Waals surface area contributed by atoms with E-state index in [1.165, 1.54) is 18.2 Å².